The molecule has 0 bridgehead atoms. The molecule has 0 radical (unpaired) electrons. The first-order valence-electron chi connectivity index (χ1n) is 4.19. The van der Waals surface area contributed by atoms with Crippen LogP contribution in [0.25, 0.3) is 0 Å². The van der Waals surface area contributed by atoms with Crippen molar-refractivity contribution in [3.05, 3.63) is 23.7 Å². The van der Waals surface area contributed by atoms with E-state index in [1.807, 2.05) is 19.1 Å². The maximum Gasteiger partial charge on any atom is 0.158 e. The molecule has 0 spiro atoms. The average Bonchev–Trinajstić information content (AvgIpc) is 2.45. The lowest BCUT2D eigenvalue weighted by atomic mass is 10.4. The SMILES string of the molecule is COCC[NH2+]Cc1ccc(C)o1. The van der Waals surface area contributed by atoms with E-state index < -0.39 is 0 Å². The maximum atomic E-state index is 5.39. The first-order valence-corrected chi connectivity index (χ1v) is 4.19. The smallest absolute Gasteiger partial charge is 0.158 e. The summed E-state index contributed by atoms with van der Waals surface area (Å²) in [7, 11) is 1.71. The van der Waals surface area contributed by atoms with E-state index in [1.165, 1.54) is 0 Å². The molecule has 0 saturated heterocycles. The van der Waals surface area contributed by atoms with E-state index in [-0.39, 0.29) is 0 Å². The minimum atomic E-state index is 0.791. The van der Waals surface area contributed by atoms with Gasteiger partial charge in [0.1, 0.15) is 12.3 Å². The summed E-state index contributed by atoms with van der Waals surface area (Å²) in [6.07, 6.45) is 0. The molecule has 0 aromatic carbocycles. The predicted molar refractivity (Wildman–Crippen MR) is 45.8 cm³/mol. The zero-order valence-electron chi connectivity index (χ0n) is 7.67. The van der Waals surface area contributed by atoms with E-state index in [2.05, 4.69) is 5.32 Å². The van der Waals surface area contributed by atoms with Crippen LogP contribution in [0.1, 0.15) is 11.5 Å². The number of ether oxygens (including phenoxy) is 1. The summed E-state index contributed by atoms with van der Waals surface area (Å²) in [5, 5.41) is 2.17. The summed E-state index contributed by atoms with van der Waals surface area (Å²) in [6.45, 7) is 4.63. The Morgan fingerprint density at radius 2 is 2.33 bits per heavy atom. The van der Waals surface area contributed by atoms with Crippen LogP contribution in [0.2, 0.25) is 0 Å². The van der Waals surface area contributed by atoms with Crippen LogP contribution in [0.5, 0.6) is 0 Å². The molecule has 12 heavy (non-hydrogen) atoms. The van der Waals surface area contributed by atoms with Gasteiger partial charge in [-0.15, -0.1) is 0 Å². The molecule has 1 aromatic heterocycles. The summed E-state index contributed by atoms with van der Waals surface area (Å²) >= 11 is 0. The van der Waals surface area contributed by atoms with Gasteiger partial charge in [0.2, 0.25) is 0 Å². The summed E-state index contributed by atoms with van der Waals surface area (Å²) in [4.78, 5) is 0. The molecular weight excluding hydrogens is 154 g/mol. The Labute approximate surface area is 72.7 Å². The normalized spacial score (nSPS) is 10.5. The fourth-order valence-corrected chi connectivity index (χ4v) is 1.04. The molecular formula is C9H16NO2+. The Kier molecular flexibility index (Phi) is 3.84. The Bertz CT molecular complexity index is 220. The van der Waals surface area contributed by atoms with Crippen molar-refractivity contribution in [3.63, 3.8) is 0 Å². The van der Waals surface area contributed by atoms with Gasteiger partial charge in [-0.05, 0) is 19.1 Å². The minimum Gasteiger partial charge on any atom is -0.460 e. The van der Waals surface area contributed by atoms with Crippen LogP contribution in [-0.4, -0.2) is 20.3 Å². The van der Waals surface area contributed by atoms with Gasteiger partial charge >= 0.3 is 0 Å². The van der Waals surface area contributed by atoms with Crippen molar-refractivity contribution in [2.75, 3.05) is 20.3 Å². The highest BCUT2D eigenvalue weighted by molar-refractivity contribution is 5.03. The summed E-state index contributed by atoms with van der Waals surface area (Å²) in [5.74, 6) is 2.01. The van der Waals surface area contributed by atoms with Crippen LogP contribution < -0.4 is 5.32 Å². The van der Waals surface area contributed by atoms with Crippen LogP contribution in [-0.2, 0) is 11.3 Å². The first kappa shape index (κ1) is 9.29. The van der Waals surface area contributed by atoms with E-state index in [1.54, 1.807) is 7.11 Å². The molecule has 3 nitrogen and oxygen atoms in total. The number of nitrogens with two attached hydrogens (primary N) is 1. The van der Waals surface area contributed by atoms with Gasteiger partial charge in [-0.2, -0.15) is 0 Å². The molecule has 3 heteroatoms. The predicted octanol–water partition coefficient (Wildman–Crippen LogP) is 0.298. The number of aryl methyl sites for hydroxylation is 1. The number of methoxy groups -OCH3 is 1. The Morgan fingerprint density at radius 3 is 2.92 bits per heavy atom. The van der Waals surface area contributed by atoms with Crippen LogP contribution in [0, 0.1) is 6.92 Å². The molecule has 0 aliphatic carbocycles. The molecule has 0 saturated carbocycles. The van der Waals surface area contributed by atoms with E-state index in [9.17, 15) is 0 Å². The average molecular weight is 170 g/mol. The topological polar surface area (TPSA) is 39.0 Å². The lowest BCUT2D eigenvalue weighted by Crippen LogP contribution is -2.83. The van der Waals surface area contributed by atoms with E-state index in [4.69, 9.17) is 9.15 Å². The second-order valence-corrected chi connectivity index (χ2v) is 2.79. The van der Waals surface area contributed by atoms with E-state index in [0.29, 0.717) is 0 Å². The second kappa shape index (κ2) is 4.95. The quantitative estimate of drug-likeness (QED) is 0.645. The Hall–Kier alpha value is -0.800. The third-order valence-corrected chi connectivity index (χ3v) is 1.67. The van der Waals surface area contributed by atoms with Crippen molar-refractivity contribution < 1.29 is 14.5 Å². The van der Waals surface area contributed by atoms with Gasteiger partial charge in [0.05, 0.1) is 13.2 Å². The van der Waals surface area contributed by atoms with Gasteiger partial charge in [-0.1, -0.05) is 0 Å². The van der Waals surface area contributed by atoms with Crippen LogP contribution in [0.4, 0.5) is 0 Å². The van der Waals surface area contributed by atoms with Gasteiger partial charge in [-0.25, -0.2) is 0 Å². The Morgan fingerprint density at radius 1 is 1.50 bits per heavy atom. The van der Waals surface area contributed by atoms with Gasteiger partial charge in [-0.3, -0.25) is 0 Å². The highest BCUT2D eigenvalue weighted by atomic mass is 16.5. The van der Waals surface area contributed by atoms with Crippen molar-refractivity contribution in [1.82, 2.24) is 0 Å². The number of quaternary nitrogens is 1. The maximum absolute atomic E-state index is 5.39. The largest absolute Gasteiger partial charge is 0.460 e. The summed E-state index contributed by atoms with van der Waals surface area (Å²) < 4.78 is 10.3. The molecule has 1 aromatic rings. The van der Waals surface area contributed by atoms with Crippen molar-refractivity contribution in [1.29, 1.82) is 0 Å². The van der Waals surface area contributed by atoms with Gasteiger partial charge in [0, 0.05) is 7.11 Å². The molecule has 0 fully saturated rings. The van der Waals surface area contributed by atoms with E-state index in [0.717, 1.165) is 31.2 Å². The summed E-state index contributed by atoms with van der Waals surface area (Å²) in [5.41, 5.74) is 0. The summed E-state index contributed by atoms with van der Waals surface area (Å²) in [6, 6.07) is 4.00. The molecule has 0 aliphatic rings. The monoisotopic (exact) mass is 170 g/mol. The molecule has 1 heterocycles. The number of rotatable bonds is 5. The number of hydrogen-bond acceptors (Lipinski definition) is 2. The third-order valence-electron chi connectivity index (χ3n) is 1.67. The lowest BCUT2D eigenvalue weighted by molar-refractivity contribution is -0.673. The highest BCUT2D eigenvalue weighted by Crippen LogP contribution is 2.03. The highest BCUT2D eigenvalue weighted by Gasteiger charge is 1.99. The zero-order chi connectivity index (χ0) is 8.81. The van der Waals surface area contributed by atoms with Crippen molar-refractivity contribution in [2.24, 2.45) is 0 Å². The third kappa shape index (κ3) is 3.07. The van der Waals surface area contributed by atoms with Crippen molar-refractivity contribution >= 4 is 0 Å². The molecule has 2 N–H and O–H groups in total. The molecule has 0 aliphatic heterocycles. The van der Waals surface area contributed by atoms with Crippen LogP contribution in [0.3, 0.4) is 0 Å². The molecule has 0 amide bonds. The Balaban J connectivity index is 2.15. The number of furan rings is 1. The van der Waals surface area contributed by atoms with Crippen LogP contribution in [0.15, 0.2) is 16.5 Å². The zero-order valence-corrected chi connectivity index (χ0v) is 7.67. The molecule has 0 atom stereocenters. The lowest BCUT2D eigenvalue weighted by Gasteiger charge is -1.97. The molecule has 1 rings (SSSR count). The molecule has 0 unspecified atom stereocenters. The van der Waals surface area contributed by atoms with Crippen molar-refractivity contribution in [2.45, 2.75) is 13.5 Å². The van der Waals surface area contributed by atoms with Crippen LogP contribution >= 0.6 is 0 Å². The van der Waals surface area contributed by atoms with Crippen molar-refractivity contribution in [3.8, 4) is 0 Å². The fourth-order valence-electron chi connectivity index (χ4n) is 1.04. The van der Waals surface area contributed by atoms with E-state index >= 15 is 0 Å². The first-order chi connectivity index (χ1) is 5.83. The molecule has 68 valence electrons. The fraction of sp³-hybridized carbons (Fsp3) is 0.556. The van der Waals surface area contributed by atoms with Gasteiger partial charge in [0.25, 0.3) is 0 Å². The van der Waals surface area contributed by atoms with Gasteiger partial charge < -0.3 is 14.5 Å². The standard InChI is InChI=1S/C9H15NO2/c1-8-3-4-9(12-8)7-10-5-6-11-2/h3-4,10H,5-7H2,1-2H3/p+1. The number of hydrogen-bond donors (Lipinski definition) is 1. The van der Waals surface area contributed by atoms with Gasteiger partial charge in [0.15, 0.2) is 5.76 Å². The minimum absolute atomic E-state index is 0.791. The second-order valence-electron chi connectivity index (χ2n) is 2.79.